The summed E-state index contributed by atoms with van der Waals surface area (Å²) in [4.78, 5) is 21.6. The number of hydrogen-bond acceptors (Lipinski definition) is 7. The van der Waals surface area contributed by atoms with E-state index in [-0.39, 0.29) is 0 Å². The van der Waals surface area contributed by atoms with E-state index in [0.29, 0.717) is 17.3 Å². The molecule has 0 saturated carbocycles. The van der Waals surface area contributed by atoms with Gasteiger partial charge in [0.15, 0.2) is 10.8 Å². The van der Waals surface area contributed by atoms with Crippen molar-refractivity contribution in [2.45, 2.75) is 0 Å². The zero-order valence-corrected chi connectivity index (χ0v) is 13.8. The Morgan fingerprint density at radius 3 is 2.62 bits per heavy atom. The molecular weight excluding hydrogens is 326 g/mol. The number of H-pyrrole nitrogens is 1. The van der Waals surface area contributed by atoms with Gasteiger partial charge in [-0.25, -0.2) is 19.9 Å². The highest BCUT2D eigenvalue weighted by molar-refractivity contribution is 7.18. The van der Waals surface area contributed by atoms with Crippen LogP contribution in [0.1, 0.15) is 0 Å². The first-order valence-corrected chi connectivity index (χ1v) is 7.95. The van der Waals surface area contributed by atoms with E-state index in [1.165, 1.54) is 11.3 Å². The fraction of sp³-hybridized carbons (Fsp3) is 0.125. The number of nitrogens with one attached hydrogen (secondary N) is 1. The monoisotopic (exact) mass is 339 g/mol. The SMILES string of the molecule is COc1cc(OC)c2nc(-c3cnc(-c4ncccn4)s3)[nH]c2c1. The average Bonchev–Trinajstić information content (AvgIpc) is 3.28. The van der Waals surface area contributed by atoms with Crippen LogP contribution in [0.4, 0.5) is 0 Å². The van der Waals surface area contributed by atoms with Crippen molar-refractivity contribution in [1.29, 1.82) is 0 Å². The predicted octanol–water partition coefficient (Wildman–Crippen LogP) is 3.16. The Morgan fingerprint density at radius 1 is 1.04 bits per heavy atom. The third kappa shape index (κ3) is 2.46. The Balaban J connectivity index is 1.78. The summed E-state index contributed by atoms with van der Waals surface area (Å²) in [6, 6.07) is 5.47. The van der Waals surface area contributed by atoms with Crippen molar-refractivity contribution in [3.63, 3.8) is 0 Å². The van der Waals surface area contributed by atoms with Crippen molar-refractivity contribution < 1.29 is 9.47 Å². The Kier molecular flexibility index (Phi) is 3.58. The second-order valence-corrected chi connectivity index (χ2v) is 5.94. The third-order valence-electron chi connectivity index (χ3n) is 3.48. The molecule has 0 atom stereocenters. The van der Waals surface area contributed by atoms with Crippen molar-refractivity contribution >= 4 is 22.4 Å². The molecule has 0 unspecified atom stereocenters. The number of fused-ring (bicyclic) bond motifs is 1. The van der Waals surface area contributed by atoms with Gasteiger partial charge in [-0.15, -0.1) is 11.3 Å². The summed E-state index contributed by atoms with van der Waals surface area (Å²) in [5, 5.41) is 0.746. The highest BCUT2D eigenvalue weighted by Crippen LogP contribution is 2.34. The van der Waals surface area contributed by atoms with Crippen LogP contribution in [-0.4, -0.2) is 39.1 Å². The maximum Gasteiger partial charge on any atom is 0.188 e. The number of hydrogen-bond donors (Lipinski definition) is 1. The lowest BCUT2D eigenvalue weighted by atomic mass is 10.3. The van der Waals surface area contributed by atoms with Gasteiger partial charge in [0.25, 0.3) is 0 Å². The molecule has 0 bridgehead atoms. The molecule has 4 aromatic rings. The first-order chi connectivity index (χ1) is 11.8. The number of nitrogens with zero attached hydrogens (tertiary/aromatic N) is 4. The summed E-state index contributed by atoms with van der Waals surface area (Å²) in [7, 11) is 3.23. The average molecular weight is 339 g/mol. The highest BCUT2D eigenvalue weighted by Gasteiger charge is 2.15. The lowest BCUT2D eigenvalue weighted by molar-refractivity contribution is 0.397. The minimum absolute atomic E-state index is 0.601. The van der Waals surface area contributed by atoms with Crippen molar-refractivity contribution in [3.05, 3.63) is 36.8 Å². The van der Waals surface area contributed by atoms with Crippen LogP contribution in [0.3, 0.4) is 0 Å². The largest absolute Gasteiger partial charge is 0.497 e. The van der Waals surface area contributed by atoms with Crippen LogP contribution in [0.15, 0.2) is 36.8 Å². The van der Waals surface area contributed by atoms with Crippen LogP contribution in [0.25, 0.3) is 32.6 Å². The number of aromatic amines is 1. The molecule has 0 aliphatic heterocycles. The highest BCUT2D eigenvalue weighted by atomic mass is 32.1. The minimum Gasteiger partial charge on any atom is -0.497 e. The Bertz CT molecular complexity index is 996. The standard InChI is InChI=1S/C16H13N5O2S/c1-22-9-6-10-13(11(7-9)23-2)21-14(20-10)12-8-19-16(24-12)15-17-4-3-5-18-15/h3-8H,1-2H3,(H,20,21). The van der Waals surface area contributed by atoms with Crippen LogP contribution >= 0.6 is 11.3 Å². The molecule has 1 aromatic carbocycles. The van der Waals surface area contributed by atoms with Gasteiger partial charge in [-0.3, -0.25) is 0 Å². The second kappa shape index (κ2) is 5.89. The van der Waals surface area contributed by atoms with Gasteiger partial charge in [0.2, 0.25) is 0 Å². The van der Waals surface area contributed by atoms with Crippen molar-refractivity contribution in [3.8, 4) is 33.0 Å². The number of rotatable bonds is 4. The molecule has 0 amide bonds. The fourth-order valence-corrected chi connectivity index (χ4v) is 3.16. The summed E-state index contributed by atoms with van der Waals surface area (Å²) < 4.78 is 10.7. The lowest BCUT2D eigenvalue weighted by Crippen LogP contribution is -1.88. The molecule has 24 heavy (non-hydrogen) atoms. The first-order valence-electron chi connectivity index (χ1n) is 7.14. The Morgan fingerprint density at radius 2 is 1.88 bits per heavy atom. The van der Waals surface area contributed by atoms with E-state index >= 15 is 0 Å². The van der Waals surface area contributed by atoms with Gasteiger partial charge >= 0.3 is 0 Å². The van der Waals surface area contributed by atoms with Crippen LogP contribution in [-0.2, 0) is 0 Å². The van der Waals surface area contributed by atoms with Crippen LogP contribution < -0.4 is 9.47 Å². The van der Waals surface area contributed by atoms with Gasteiger partial charge in [-0.05, 0) is 6.07 Å². The number of benzene rings is 1. The topological polar surface area (TPSA) is 85.8 Å². The van der Waals surface area contributed by atoms with E-state index in [4.69, 9.17) is 9.47 Å². The molecular formula is C16H13N5O2S. The van der Waals surface area contributed by atoms with Crippen molar-refractivity contribution in [1.82, 2.24) is 24.9 Å². The predicted molar refractivity (Wildman–Crippen MR) is 91.3 cm³/mol. The number of aromatic nitrogens is 5. The summed E-state index contributed by atoms with van der Waals surface area (Å²) in [6.07, 6.45) is 5.15. The van der Waals surface area contributed by atoms with E-state index in [9.17, 15) is 0 Å². The number of imidazole rings is 1. The van der Waals surface area contributed by atoms with Gasteiger partial charge in [-0.2, -0.15) is 0 Å². The second-order valence-electron chi connectivity index (χ2n) is 4.91. The first kappa shape index (κ1) is 14.6. The van der Waals surface area contributed by atoms with Crippen molar-refractivity contribution in [2.75, 3.05) is 14.2 Å². The van der Waals surface area contributed by atoms with E-state index in [1.807, 2.05) is 12.1 Å². The summed E-state index contributed by atoms with van der Waals surface area (Å²) in [5.41, 5.74) is 1.59. The summed E-state index contributed by atoms with van der Waals surface area (Å²) in [5.74, 6) is 2.68. The molecule has 0 radical (unpaired) electrons. The smallest absolute Gasteiger partial charge is 0.188 e. The van der Waals surface area contributed by atoms with Gasteiger partial charge in [-0.1, -0.05) is 0 Å². The molecule has 1 N–H and O–H groups in total. The van der Waals surface area contributed by atoms with Crippen LogP contribution in [0.5, 0.6) is 11.5 Å². The number of thiazole rings is 1. The normalized spacial score (nSPS) is 10.9. The van der Waals surface area contributed by atoms with Gasteiger partial charge < -0.3 is 14.5 Å². The zero-order valence-electron chi connectivity index (χ0n) is 13.0. The molecule has 0 saturated heterocycles. The maximum atomic E-state index is 5.40. The van der Waals surface area contributed by atoms with E-state index < -0.39 is 0 Å². The molecule has 7 nitrogen and oxygen atoms in total. The molecule has 0 aliphatic rings. The Labute approximate surface area is 141 Å². The number of ether oxygens (including phenoxy) is 2. The van der Waals surface area contributed by atoms with E-state index in [2.05, 4.69) is 24.9 Å². The van der Waals surface area contributed by atoms with E-state index in [1.54, 1.807) is 38.9 Å². The lowest BCUT2D eigenvalue weighted by Gasteiger charge is -2.03. The van der Waals surface area contributed by atoms with Crippen LogP contribution in [0.2, 0.25) is 0 Å². The number of methoxy groups -OCH3 is 2. The molecule has 0 fully saturated rings. The molecule has 8 heteroatoms. The zero-order chi connectivity index (χ0) is 16.5. The van der Waals surface area contributed by atoms with E-state index in [0.717, 1.165) is 26.7 Å². The summed E-state index contributed by atoms with van der Waals surface area (Å²) >= 11 is 1.48. The summed E-state index contributed by atoms with van der Waals surface area (Å²) in [6.45, 7) is 0. The third-order valence-corrected chi connectivity index (χ3v) is 4.48. The molecule has 3 heterocycles. The van der Waals surface area contributed by atoms with Gasteiger partial charge in [0.1, 0.15) is 22.8 Å². The van der Waals surface area contributed by atoms with Crippen molar-refractivity contribution in [2.24, 2.45) is 0 Å². The molecule has 0 aliphatic carbocycles. The quantitative estimate of drug-likeness (QED) is 0.615. The maximum absolute atomic E-state index is 5.40. The van der Waals surface area contributed by atoms with Crippen LogP contribution in [0, 0.1) is 0 Å². The Hall–Kier alpha value is -3.00. The molecule has 4 rings (SSSR count). The molecule has 3 aromatic heterocycles. The fourth-order valence-electron chi connectivity index (χ4n) is 2.35. The minimum atomic E-state index is 0.601. The van der Waals surface area contributed by atoms with Gasteiger partial charge in [0, 0.05) is 30.7 Å². The van der Waals surface area contributed by atoms with Gasteiger partial charge in [0.05, 0.1) is 24.6 Å². The molecule has 120 valence electrons. The molecule has 0 spiro atoms.